The van der Waals surface area contributed by atoms with Crippen molar-refractivity contribution in [2.45, 2.75) is 13.3 Å². The van der Waals surface area contributed by atoms with E-state index in [1.165, 1.54) is 0 Å². The second-order valence-corrected chi connectivity index (χ2v) is 3.05. The van der Waals surface area contributed by atoms with Crippen LogP contribution in [0, 0.1) is 6.92 Å². The summed E-state index contributed by atoms with van der Waals surface area (Å²) in [6.07, 6.45) is 6.36. The Morgan fingerprint density at radius 3 is 3.15 bits per heavy atom. The quantitative estimate of drug-likeness (QED) is 0.726. The molecule has 0 aliphatic heterocycles. The molecule has 0 saturated carbocycles. The highest BCUT2D eigenvalue weighted by molar-refractivity contribution is 5.50. The van der Waals surface area contributed by atoms with E-state index in [9.17, 15) is 0 Å². The maximum Gasteiger partial charge on any atom is 0.0993 e. The fourth-order valence-corrected chi connectivity index (χ4v) is 1.45. The van der Waals surface area contributed by atoms with Crippen molar-refractivity contribution in [3.05, 3.63) is 30.1 Å². The topological polar surface area (TPSA) is 56.2 Å². The van der Waals surface area contributed by atoms with Gasteiger partial charge >= 0.3 is 0 Å². The average Bonchev–Trinajstić information content (AvgIpc) is 2.52. The second kappa shape index (κ2) is 3.14. The van der Waals surface area contributed by atoms with Gasteiger partial charge in [-0.2, -0.15) is 0 Å². The molecule has 4 heteroatoms. The van der Waals surface area contributed by atoms with Gasteiger partial charge in [-0.15, -0.1) is 0 Å². The molecule has 13 heavy (non-hydrogen) atoms. The number of fused-ring (bicyclic) bond motifs is 1. The molecule has 0 unspecified atom stereocenters. The monoisotopic (exact) mass is 176 g/mol. The van der Waals surface area contributed by atoms with Crippen molar-refractivity contribution in [2.75, 3.05) is 6.54 Å². The first-order chi connectivity index (χ1) is 6.31. The lowest BCUT2D eigenvalue weighted by atomic mass is 10.2. The Balaban J connectivity index is 2.63. The van der Waals surface area contributed by atoms with Crippen LogP contribution in [0.25, 0.3) is 5.52 Å². The number of aromatic nitrogens is 3. The van der Waals surface area contributed by atoms with Crippen molar-refractivity contribution in [3.8, 4) is 0 Å². The van der Waals surface area contributed by atoms with Crippen LogP contribution in [0.5, 0.6) is 0 Å². The van der Waals surface area contributed by atoms with E-state index in [2.05, 4.69) is 9.97 Å². The fraction of sp³-hybridized carbons (Fsp3) is 0.333. The summed E-state index contributed by atoms with van der Waals surface area (Å²) in [5.41, 5.74) is 8.57. The van der Waals surface area contributed by atoms with Gasteiger partial charge in [0.25, 0.3) is 0 Å². The Labute approximate surface area is 76.4 Å². The zero-order chi connectivity index (χ0) is 9.26. The van der Waals surface area contributed by atoms with Gasteiger partial charge < -0.3 is 10.1 Å². The van der Waals surface area contributed by atoms with Crippen molar-refractivity contribution < 1.29 is 0 Å². The molecular weight excluding hydrogens is 164 g/mol. The number of hydrogen-bond donors (Lipinski definition) is 1. The van der Waals surface area contributed by atoms with Gasteiger partial charge in [-0.3, -0.25) is 4.98 Å². The highest BCUT2D eigenvalue weighted by Crippen LogP contribution is 2.08. The summed E-state index contributed by atoms with van der Waals surface area (Å²) in [6, 6.07) is 0. The molecule has 0 saturated heterocycles. The summed E-state index contributed by atoms with van der Waals surface area (Å²) in [5.74, 6) is 0. The molecule has 2 aromatic heterocycles. The average molecular weight is 176 g/mol. The summed E-state index contributed by atoms with van der Waals surface area (Å²) in [4.78, 5) is 8.49. The third-order valence-corrected chi connectivity index (χ3v) is 1.98. The van der Waals surface area contributed by atoms with Gasteiger partial charge in [-0.05, 0) is 13.5 Å². The van der Waals surface area contributed by atoms with Crippen molar-refractivity contribution in [1.82, 2.24) is 14.4 Å². The molecular formula is C9H12N4. The maximum atomic E-state index is 5.50. The van der Waals surface area contributed by atoms with Gasteiger partial charge in [0.2, 0.25) is 0 Å². The van der Waals surface area contributed by atoms with Crippen LogP contribution < -0.4 is 5.73 Å². The van der Waals surface area contributed by atoms with E-state index in [4.69, 9.17) is 5.73 Å². The molecule has 0 aliphatic rings. The first-order valence-electron chi connectivity index (χ1n) is 4.29. The molecule has 0 aromatic carbocycles. The Morgan fingerprint density at radius 1 is 1.54 bits per heavy atom. The maximum absolute atomic E-state index is 5.50. The van der Waals surface area contributed by atoms with Gasteiger partial charge in [0.05, 0.1) is 29.4 Å². The molecule has 0 spiro atoms. The summed E-state index contributed by atoms with van der Waals surface area (Å²) in [5, 5.41) is 0. The number of nitrogens with zero attached hydrogens (tertiary/aromatic N) is 3. The standard InChI is InChI=1S/C9H12N4/c1-7-5-13-6-11-4-9(13)8(12-7)2-3-10/h4-6H,2-3,10H2,1H3. The highest BCUT2D eigenvalue weighted by atomic mass is 15.0. The Hall–Kier alpha value is -1.42. The molecule has 2 heterocycles. The molecule has 0 atom stereocenters. The van der Waals surface area contributed by atoms with Crippen LogP contribution >= 0.6 is 0 Å². The van der Waals surface area contributed by atoms with Crippen molar-refractivity contribution in [1.29, 1.82) is 0 Å². The van der Waals surface area contributed by atoms with Crippen molar-refractivity contribution in [2.24, 2.45) is 5.73 Å². The lowest BCUT2D eigenvalue weighted by molar-refractivity contribution is 0.901. The molecule has 0 radical (unpaired) electrons. The molecule has 68 valence electrons. The predicted octanol–water partition coefficient (Wildman–Crippen LogP) is 0.539. The minimum absolute atomic E-state index is 0.622. The molecule has 0 amide bonds. The van der Waals surface area contributed by atoms with Crippen molar-refractivity contribution in [3.63, 3.8) is 0 Å². The van der Waals surface area contributed by atoms with Gasteiger partial charge in [0.15, 0.2) is 0 Å². The zero-order valence-corrected chi connectivity index (χ0v) is 7.57. The summed E-state index contributed by atoms with van der Waals surface area (Å²) >= 11 is 0. The molecule has 2 N–H and O–H groups in total. The van der Waals surface area contributed by atoms with Crippen LogP contribution in [0.1, 0.15) is 11.4 Å². The van der Waals surface area contributed by atoms with Crippen LogP contribution in [-0.4, -0.2) is 20.9 Å². The van der Waals surface area contributed by atoms with Crippen LogP contribution in [0.3, 0.4) is 0 Å². The van der Waals surface area contributed by atoms with Crippen LogP contribution in [0.15, 0.2) is 18.7 Å². The van der Waals surface area contributed by atoms with Gasteiger partial charge in [0.1, 0.15) is 0 Å². The Morgan fingerprint density at radius 2 is 2.38 bits per heavy atom. The van der Waals surface area contributed by atoms with E-state index in [0.29, 0.717) is 6.54 Å². The first-order valence-corrected chi connectivity index (χ1v) is 4.29. The van der Waals surface area contributed by atoms with E-state index in [-0.39, 0.29) is 0 Å². The number of nitrogens with two attached hydrogens (primary N) is 1. The largest absolute Gasteiger partial charge is 0.330 e. The molecule has 4 nitrogen and oxygen atoms in total. The second-order valence-electron chi connectivity index (χ2n) is 3.05. The molecule has 0 bridgehead atoms. The third kappa shape index (κ3) is 1.40. The lowest BCUT2D eigenvalue weighted by Crippen LogP contribution is -2.06. The number of aryl methyl sites for hydroxylation is 1. The third-order valence-electron chi connectivity index (χ3n) is 1.98. The highest BCUT2D eigenvalue weighted by Gasteiger charge is 2.03. The summed E-state index contributed by atoms with van der Waals surface area (Å²) in [6.45, 7) is 2.59. The van der Waals surface area contributed by atoms with E-state index >= 15 is 0 Å². The molecule has 2 aromatic rings. The van der Waals surface area contributed by atoms with E-state index in [1.807, 2.05) is 23.7 Å². The van der Waals surface area contributed by atoms with Crippen LogP contribution in [0.2, 0.25) is 0 Å². The molecule has 0 aliphatic carbocycles. The van der Waals surface area contributed by atoms with Gasteiger partial charge in [-0.25, -0.2) is 4.98 Å². The lowest BCUT2D eigenvalue weighted by Gasteiger charge is -2.03. The van der Waals surface area contributed by atoms with Gasteiger partial charge in [-0.1, -0.05) is 0 Å². The Bertz CT molecular complexity index is 418. The smallest absolute Gasteiger partial charge is 0.0993 e. The zero-order valence-electron chi connectivity index (χ0n) is 7.57. The summed E-state index contributed by atoms with van der Waals surface area (Å²) < 4.78 is 1.98. The van der Waals surface area contributed by atoms with E-state index < -0.39 is 0 Å². The first kappa shape index (κ1) is 8.19. The van der Waals surface area contributed by atoms with E-state index in [0.717, 1.165) is 23.3 Å². The summed E-state index contributed by atoms with van der Waals surface area (Å²) in [7, 11) is 0. The Kier molecular flexibility index (Phi) is 1.98. The normalized spacial score (nSPS) is 10.9. The molecule has 2 rings (SSSR count). The number of imidazole rings is 1. The van der Waals surface area contributed by atoms with Crippen LogP contribution in [0.4, 0.5) is 0 Å². The number of hydrogen-bond acceptors (Lipinski definition) is 3. The number of rotatable bonds is 2. The predicted molar refractivity (Wildman–Crippen MR) is 50.5 cm³/mol. The van der Waals surface area contributed by atoms with Crippen molar-refractivity contribution >= 4 is 5.52 Å². The van der Waals surface area contributed by atoms with Crippen LogP contribution in [-0.2, 0) is 6.42 Å². The minimum atomic E-state index is 0.622. The molecule has 0 fully saturated rings. The van der Waals surface area contributed by atoms with E-state index in [1.54, 1.807) is 6.33 Å². The SMILES string of the molecule is Cc1cn2cncc2c(CCN)n1. The fourth-order valence-electron chi connectivity index (χ4n) is 1.45. The minimum Gasteiger partial charge on any atom is -0.330 e. The van der Waals surface area contributed by atoms with Gasteiger partial charge in [0, 0.05) is 12.6 Å².